The standard InChI is InChI=1S/C23H23BrN2O3/c1-23(2,3)17-6-10-19(11-7-17)28-15-22(27)26-25-14-20-12-13-21(29-20)16-4-8-18(24)9-5-16/h4-14H,15H2,1-3H3,(H,26,27)/b25-14-. The molecule has 0 unspecified atom stereocenters. The normalized spacial score (nSPS) is 11.6. The second-order valence-corrected chi connectivity index (χ2v) is 8.48. The molecule has 0 aliphatic carbocycles. The van der Waals surface area contributed by atoms with Crippen molar-refractivity contribution < 1.29 is 13.9 Å². The van der Waals surface area contributed by atoms with E-state index in [2.05, 4.69) is 47.2 Å². The molecule has 0 atom stereocenters. The molecule has 1 heterocycles. The number of benzene rings is 2. The summed E-state index contributed by atoms with van der Waals surface area (Å²) in [6, 6.07) is 19.2. The van der Waals surface area contributed by atoms with E-state index in [1.165, 1.54) is 11.8 Å². The lowest BCUT2D eigenvalue weighted by Crippen LogP contribution is -2.24. The minimum absolute atomic E-state index is 0.0771. The summed E-state index contributed by atoms with van der Waals surface area (Å²) in [6.07, 6.45) is 1.46. The summed E-state index contributed by atoms with van der Waals surface area (Å²) in [6.45, 7) is 6.33. The minimum atomic E-state index is -0.346. The Hall–Kier alpha value is -2.86. The van der Waals surface area contributed by atoms with Crippen LogP contribution in [0.3, 0.4) is 0 Å². The molecule has 29 heavy (non-hydrogen) atoms. The van der Waals surface area contributed by atoms with Crippen LogP contribution in [0.5, 0.6) is 5.75 Å². The Balaban J connectivity index is 1.48. The second-order valence-electron chi connectivity index (χ2n) is 7.57. The van der Waals surface area contributed by atoms with Crippen LogP contribution in [0.1, 0.15) is 32.1 Å². The Morgan fingerprint density at radius 1 is 1.07 bits per heavy atom. The molecule has 3 rings (SSSR count). The van der Waals surface area contributed by atoms with Gasteiger partial charge in [-0.05, 0) is 47.4 Å². The predicted molar refractivity (Wildman–Crippen MR) is 118 cm³/mol. The molecule has 3 aromatic rings. The molecule has 0 bridgehead atoms. The third-order valence-corrected chi connectivity index (χ3v) is 4.76. The van der Waals surface area contributed by atoms with E-state index in [0.717, 1.165) is 15.8 Å². The van der Waals surface area contributed by atoms with E-state index in [1.54, 1.807) is 6.07 Å². The third-order valence-electron chi connectivity index (χ3n) is 4.23. The quantitative estimate of drug-likeness (QED) is 0.392. The van der Waals surface area contributed by atoms with Gasteiger partial charge in [-0.3, -0.25) is 4.79 Å². The summed E-state index contributed by atoms with van der Waals surface area (Å²) in [4.78, 5) is 11.9. The van der Waals surface area contributed by atoms with Crippen LogP contribution in [0.15, 0.2) is 74.7 Å². The molecular weight excluding hydrogens is 432 g/mol. The van der Waals surface area contributed by atoms with Crippen molar-refractivity contribution in [1.82, 2.24) is 5.43 Å². The van der Waals surface area contributed by atoms with Crippen LogP contribution in [0, 0.1) is 0 Å². The van der Waals surface area contributed by atoms with Gasteiger partial charge in [-0.2, -0.15) is 5.10 Å². The summed E-state index contributed by atoms with van der Waals surface area (Å²) < 4.78 is 12.2. The van der Waals surface area contributed by atoms with Crippen LogP contribution in [0.4, 0.5) is 0 Å². The molecule has 0 saturated carbocycles. The third kappa shape index (κ3) is 6.06. The summed E-state index contributed by atoms with van der Waals surface area (Å²) in [7, 11) is 0. The average molecular weight is 455 g/mol. The molecule has 0 radical (unpaired) electrons. The molecule has 1 N–H and O–H groups in total. The molecule has 5 nitrogen and oxygen atoms in total. The number of hydrogen-bond acceptors (Lipinski definition) is 4. The first kappa shape index (κ1) is 20.9. The molecule has 0 spiro atoms. The highest BCUT2D eigenvalue weighted by Gasteiger charge is 2.13. The van der Waals surface area contributed by atoms with Gasteiger partial charge in [-0.1, -0.05) is 61.0 Å². The molecule has 150 valence electrons. The van der Waals surface area contributed by atoms with E-state index in [9.17, 15) is 4.79 Å². The minimum Gasteiger partial charge on any atom is -0.484 e. The Kier molecular flexibility index (Phi) is 6.54. The van der Waals surface area contributed by atoms with Crippen LogP contribution >= 0.6 is 15.9 Å². The van der Waals surface area contributed by atoms with E-state index >= 15 is 0 Å². The first-order valence-corrected chi connectivity index (χ1v) is 10.0. The van der Waals surface area contributed by atoms with Gasteiger partial charge in [0.15, 0.2) is 6.61 Å². The van der Waals surface area contributed by atoms with Crippen LogP contribution < -0.4 is 10.2 Å². The maximum atomic E-state index is 11.9. The molecule has 1 amide bonds. The number of hydrazone groups is 1. The van der Waals surface area contributed by atoms with E-state index in [4.69, 9.17) is 9.15 Å². The number of halogens is 1. The molecular formula is C23H23BrN2O3. The molecule has 2 aromatic carbocycles. The molecule has 0 fully saturated rings. The van der Waals surface area contributed by atoms with Gasteiger partial charge in [0, 0.05) is 10.0 Å². The summed E-state index contributed by atoms with van der Waals surface area (Å²) >= 11 is 3.41. The van der Waals surface area contributed by atoms with Gasteiger partial charge >= 0.3 is 0 Å². The SMILES string of the molecule is CC(C)(C)c1ccc(OCC(=O)N/N=C\c2ccc(-c3ccc(Br)cc3)o2)cc1. The van der Waals surface area contributed by atoms with Gasteiger partial charge in [0.1, 0.15) is 17.3 Å². The predicted octanol–water partition coefficient (Wildman–Crippen LogP) is 5.54. The topological polar surface area (TPSA) is 63.8 Å². The summed E-state index contributed by atoms with van der Waals surface area (Å²) in [5, 5.41) is 3.92. The van der Waals surface area contributed by atoms with Crippen molar-refractivity contribution in [2.45, 2.75) is 26.2 Å². The number of nitrogens with zero attached hydrogens (tertiary/aromatic N) is 1. The molecule has 0 saturated heterocycles. The van der Waals surface area contributed by atoms with Crippen molar-refractivity contribution in [2.75, 3.05) is 6.61 Å². The zero-order valence-corrected chi connectivity index (χ0v) is 18.2. The van der Waals surface area contributed by atoms with Gasteiger partial charge in [0.2, 0.25) is 0 Å². The van der Waals surface area contributed by atoms with Gasteiger partial charge in [0.05, 0.1) is 6.21 Å². The largest absolute Gasteiger partial charge is 0.484 e. The lowest BCUT2D eigenvalue weighted by atomic mass is 9.87. The van der Waals surface area contributed by atoms with Crippen LogP contribution in [0.25, 0.3) is 11.3 Å². The van der Waals surface area contributed by atoms with Crippen LogP contribution in [0.2, 0.25) is 0 Å². The number of amides is 1. The van der Waals surface area contributed by atoms with Crippen molar-refractivity contribution in [1.29, 1.82) is 0 Å². The van der Waals surface area contributed by atoms with Crippen molar-refractivity contribution in [2.24, 2.45) is 5.10 Å². The Morgan fingerprint density at radius 3 is 2.41 bits per heavy atom. The number of hydrogen-bond donors (Lipinski definition) is 1. The van der Waals surface area contributed by atoms with Gasteiger partial charge in [-0.25, -0.2) is 5.43 Å². The first-order valence-electron chi connectivity index (χ1n) is 9.22. The van der Waals surface area contributed by atoms with Gasteiger partial charge in [-0.15, -0.1) is 0 Å². The number of carbonyl (C=O) groups excluding carboxylic acids is 1. The summed E-state index contributed by atoms with van der Waals surface area (Å²) in [5.74, 6) is 1.57. The highest BCUT2D eigenvalue weighted by molar-refractivity contribution is 9.10. The summed E-state index contributed by atoms with van der Waals surface area (Å²) in [5.41, 5.74) is 4.68. The number of nitrogens with one attached hydrogen (secondary N) is 1. The zero-order chi connectivity index (χ0) is 20.9. The van der Waals surface area contributed by atoms with Gasteiger partial charge < -0.3 is 9.15 Å². The van der Waals surface area contributed by atoms with Crippen LogP contribution in [-0.4, -0.2) is 18.7 Å². The second kappa shape index (κ2) is 9.09. The van der Waals surface area contributed by atoms with Crippen molar-refractivity contribution in [3.05, 3.63) is 76.5 Å². The smallest absolute Gasteiger partial charge is 0.277 e. The number of ether oxygens (including phenoxy) is 1. The van der Waals surface area contributed by atoms with E-state index in [-0.39, 0.29) is 17.9 Å². The Morgan fingerprint density at radius 2 is 1.76 bits per heavy atom. The average Bonchev–Trinajstić information content (AvgIpc) is 3.15. The van der Waals surface area contributed by atoms with Crippen molar-refractivity contribution >= 4 is 28.1 Å². The fourth-order valence-corrected chi connectivity index (χ4v) is 2.86. The van der Waals surface area contributed by atoms with Crippen LogP contribution in [-0.2, 0) is 10.2 Å². The molecule has 1 aromatic heterocycles. The zero-order valence-electron chi connectivity index (χ0n) is 16.6. The fraction of sp³-hybridized carbons (Fsp3) is 0.217. The van der Waals surface area contributed by atoms with E-state index in [1.807, 2.05) is 54.6 Å². The lowest BCUT2D eigenvalue weighted by molar-refractivity contribution is -0.123. The van der Waals surface area contributed by atoms with Crippen molar-refractivity contribution in [3.8, 4) is 17.1 Å². The number of furan rings is 1. The number of rotatable bonds is 6. The lowest BCUT2D eigenvalue weighted by Gasteiger charge is -2.19. The van der Waals surface area contributed by atoms with E-state index in [0.29, 0.717) is 11.5 Å². The monoisotopic (exact) mass is 454 g/mol. The fourth-order valence-electron chi connectivity index (χ4n) is 2.59. The Labute approximate surface area is 178 Å². The van der Waals surface area contributed by atoms with Gasteiger partial charge in [0.25, 0.3) is 5.91 Å². The maximum Gasteiger partial charge on any atom is 0.277 e. The molecule has 0 aliphatic heterocycles. The molecule has 6 heteroatoms. The van der Waals surface area contributed by atoms with Crippen molar-refractivity contribution in [3.63, 3.8) is 0 Å². The maximum absolute atomic E-state index is 11.9. The van der Waals surface area contributed by atoms with E-state index < -0.39 is 0 Å². The number of carbonyl (C=O) groups is 1. The highest BCUT2D eigenvalue weighted by Crippen LogP contribution is 2.24. The Bertz CT molecular complexity index is 984. The first-order chi connectivity index (χ1) is 13.8. The molecule has 0 aliphatic rings. The highest BCUT2D eigenvalue weighted by atomic mass is 79.9.